The molecule has 2 amide bonds. The Labute approximate surface area is 130 Å². The standard InChI is InChI=1S/C15H21ClN2O3/c1-11(2)7-8-17-14(19)15(20)18-9-10-21-13-5-3-12(16)4-6-13/h3-6,11H,7-10H2,1-2H3,(H,17,19)(H,18,20). The molecule has 21 heavy (non-hydrogen) atoms. The number of benzene rings is 1. The molecular weight excluding hydrogens is 292 g/mol. The molecule has 0 atom stereocenters. The van der Waals surface area contributed by atoms with E-state index in [1.807, 2.05) is 0 Å². The third-order valence-corrected chi connectivity index (χ3v) is 2.94. The fraction of sp³-hybridized carbons (Fsp3) is 0.467. The van der Waals surface area contributed by atoms with Crippen molar-refractivity contribution in [3.8, 4) is 5.75 Å². The number of rotatable bonds is 7. The van der Waals surface area contributed by atoms with Gasteiger partial charge in [-0.05, 0) is 36.6 Å². The van der Waals surface area contributed by atoms with Crippen LogP contribution in [0.1, 0.15) is 20.3 Å². The summed E-state index contributed by atoms with van der Waals surface area (Å²) in [5, 5.41) is 5.71. The summed E-state index contributed by atoms with van der Waals surface area (Å²) in [6, 6.07) is 6.92. The average molecular weight is 313 g/mol. The summed E-state index contributed by atoms with van der Waals surface area (Å²) in [7, 11) is 0. The first kappa shape index (κ1) is 17.3. The van der Waals surface area contributed by atoms with Crippen molar-refractivity contribution >= 4 is 23.4 Å². The van der Waals surface area contributed by atoms with Crippen LogP contribution in [0, 0.1) is 5.92 Å². The monoisotopic (exact) mass is 312 g/mol. The Kier molecular flexibility index (Phi) is 7.61. The number of carbonyl (C=O) groups excluding carboxylic acids is 2. The molecule has 2 N–H and O–H groups in total. The van der Waals surface area contributed by atoms with Crippen LogP contribution in [0.2, 0.25) is 5.02 Å². The van der Waals surface area contributed by atoms with Crippen LogP contribution >= 0.6 is 11.6 Å². The third kappa shape index (κ3) is 7.56. The number of ether oxygens (including phenoxy) is 1. The van der Waals surface area contributed by atoms with Gasteiger partial charge in [0.1, 0.15) is 12.4 Å². The van der Waals surface area contributed by atoms with Gasteiger partial charge in [-0.3, -0.25) is 9.59 Å². The SMILES string of the molecule is CC(C)CCNC(=O)C(=O)NCCOc1ccc(Cl)cc1. The minimum absolute atomic E-state index is 0.263. The zero-order chi connectivity index (χ0) is 15.7. The van der Waals surface area contributed by atoms with E-state index < -0.39 is 11.8 Å². The summed E-state index contributed by atoms with van der Waals surface area (Å²) in [4.78, 5) is 22.9. The van der Waals surface area contributed by atoms with Crippen molar-refractivity contribution in [1.82, 2.24) is 10.6 Å². The molecule has 1 aromatic carbocycles. The number of amides is 2. The van der Waals surface area contributed by atoms with E-state index in [4.69, 9.17) is 16.3 Å². The largest absolute Gasteiger partial charge is 0.492 e. The maximum Gasteiger partial charge on any atom is 0.309 e. The molecule has 0 aromatic heterocycles. The molecule has 0 bridgehead atoms. The summed E-state index contributed by atoms with van der Waals surface area (Å²) in [6.45, 7) is 5.16. The summed E-state index contributed by atoms with van der Waals surface area (Å²) in [5.74, 6) is -0.100. The van der Waals surface area contributed by atoms with Gasteiger partial charge in [0.15, 0.2) is 0 Å². The van der Waals surface area contributed by atoms with Gasteiger partial charge in [-0.1, -0.05) is 25.4 Å². The van der Waals surface area contributed by atoms with Gasteiger partial charge in [0.25, 0.3) is 0 Å². The van der Waals surface area contributed by atoms with Crippen molar-refractivity contribution < 1.29 is 14.3 Å². The van der Waals surface area contributed by atoms with Crippen LogP contribution in [-0.4, -0.2) is 31.5 Å². The van der Waals surface area contributed by atoms with E-state index >= 15 is 0 Å². The topological polar surface area (TPSA) is 67.4 Å². The molecule has 0 saturated heterocycles. The van der Waals surface area contributed by atoms with Crippen LogP contribution in [0.4, 0.5) is 0 Å². The van der Waals surface area contributed by atoms with E-state index in [2.05, 4.69) is 24.5 Å². The molecule has 6 heteroatoms. The molecule has 0 saturated carbocycles. The van der Waals surface area contributed by atoms with Crippen LogP contribution in [0.5, 0.6) is 5.75 Å². The number of hydrogen-bond donors (Lipinski definition) is 2. The van der Waals surface area contributed by atoms with Crippen molar-refractivity contribution in [3.63, 3.8) is 0 Å². The number of hydrogen-bond acceptors (Lipinski definition) is 3. The summed E-state index contributed by atoms with van der Waals surface area (Å²) >= 11 is 5.75. The number of carbonyl (C=O) groups is 2. The van der Waals surface area contributed by atoms with Crippen LogP contribution in [0.15, 0.2) is 24.3 Å². The molecule has 0 heterocycles. The molecule has 0 aliphatic heterocycles. The number of halogens is 1. The predicted octanol–water partition coefficient (Wildman–Crippen LogP) is 2.00. The van der Waals surface area contributed by atoms with Crippen molar-refractivity contribution in [2.45, 2.75) is 20.3 Å². The lowest BCUT2D eigenvalue weighted by Crippen LogP contribution is -2.41. The first-order valence-electron chi connectivity index (χ1n) is 6.93. The summed E-state index contributed by atoms with van der Waals surface area (Å²) in [6.07, 6.45) is 0.846. The zero-order valence-corrected chi connectivity index (χ0v) is 13.1. The molecule has 116 valence electrons. The quantitative estimate of drug-likeness (QED) is 0.598. The van der Waals surface area contributed by atoms with Crippen molar-refractivity contribution in [2.75, 3.05) is 19.7 Å². The van der Waals surface area contributed by atoms with Gasteiger partial charge in [-0.15, -0.1) is 0 Å². The lowest BCUT2D eigenvalue weighted by molar-refractivity contribution is -0.139. The smallest absolute Gasteiger partial charge is 0.309 e. The van der Waals surface area contributed by atoms with Gasteiger partial charge in [-0.2, -0.15) is 0 Å². The molecule has 0 aliphatic rings. The highest BCUT2D eigenvalue weighted by atomic mass is 35.5. The molecule has 0 unspecified atom stereocenters. The Morgan fingerprint density at radius 3 is 2.24 bits per heavy atom. The fourth-order valence-corrected chi connectivity index (χ4v) is 1.63. The van der Waals surface area contributed by atoms with Crippen molar-refractivity contribution in [2.24, 2.45) is 5.92 Å². The minimum Gasteiger partial charge on any atom is -0.492 e. The number of nitrogens with one attached hydrogen (secondary N) is 2. The Bertz CT molecular complexity index is 460. The second-order valence-electron chi connectivity index (χ2n) is 5.00. The van der Waals surface area contributed by atoms with E-state index in [9.17, 15) is 9.59 Å². The molecule has 0 radical (unpaired) electrons. The highest BCUT2D eigenvalue weighted by Gasteiger charge is 2.11. The van der Waals surface area contributed by atoms with Crippen molar-refractivity contribution in [1.29, 1.82) is 0 Å². The van der Waals surface area contributed by atoms with Gasteiger partial charge in [-0.25, -0.2) is 0 Å². The summed E-state index contributed by atoms with van der Waals surface area (Å²) < 4.78 is 5.40. The Morgan fingerprint density at radius 1 is 1.10 bits per heavy atom. The van der Waals surface area contributed by atoms with E-state index in [1.165, 1.54) is 0 Å². The lowest BCUT2D eigenvalue weighted by atomic mass is 10.1. The fourth-order valence-electron chi connectivity index (χ4n) is 1.50. The van der Waals surface area contributed by atoms with Gasteiger partial charge in [0.05, 0.1) is 6.54 Å². The highest BCUT2D eigenvalue weighted by molar-refractivity contribution is 6.35. The van der Waals surface area contributed by atoms with Crippen LogP contribution in [0.3, 0.4) is 0 Å². The normalized spacial score (nSPS) is 10.3. The molecule has 1 rings (SSSR count). The van der Waals surface area contributed by atoms with Crippen LogP contribution in [-0.2, 0) is 9.59 Å². The molecule has 0 spiro atoms. The Balaban J connectivity index is 2.15. The second-order valence-corrected chi connectivity index (χ2v) is 5.43. The Hall–Kier alpha value is -1.75. The minimum atomic E-state index is -0.640. The Morgan fingerprint density at radius 2 is 1.67 bits per heavy atom. The molecular formula is C15H21ClN2O3. The molecule has 0 aliphatic carbocycles. The third-order valence-electron chi connectivity index (χ3n) is 2.68. The van der Waals surface area contributed by atoms with Gasteiger partial charge in [0.2, 0.25) is 0 Å². The second kappa shape index (κ2) is 9.23. The van der Waals surface area contributed by atoms with E-state index in [0.29, 0.717) is 23.2 Å². The van der Waals surface area contributed by atoms with Crippen LogP contribution < -0.4 is 15.4 Å². The molecule has 1 aromatic rings. The summed E-state index contributed by atoms with van der Waals surface area (Å²) in [5.41, 5.74) is 0. The maximum atomic E-state index is 11.5. The van der Waals surface area contributed by atoms with Gasteiger partial charge >= 0.3 is 11.8 Å². The highest BCUT2D eigenvalue weighted by Crippen LogP contribution is 2.14. The van der Waals surface area contributed by atoms with Crippen LogP contribution in [0.25, 0.3) is 0 Å². The lowest BCUT2D eigenvalue weighted by Gasteiger charge is -2.09. The maximum absolute atomic E-state index is 11.5. The zero-order valence-electron chi connectivity index (χ0n) is 12.3. The van der Waals surface area contributed by atoms with Gasteiger partial charge in [0, 0.05) is 11.6 Å². The van der Waals surface area contributed by atoms with E-state index in [0.717, 1.165) is 6.42 Å². The van der Waals surface area contributed by atoms with E-state index in [-0.39, 0.29) is 13.2 Å². The van der Waals surface area contributed by atoms with E-state index in [1.54, 1.807) is 24.3 Å². The first-order valence-corrected chi connectivity index (χ1v) is 7.31. The first-order chi connectivity index (χ1) is 9.99. The van der Waals surface area contributed by atoms with Crippen molar-refractivity contribution in [3.05, 3.63) is 29.3 Å². The average Bonchev–Trinajstić information content (AvgIpc) is 2.44. The van der Waals surface area contributed by atoms with Gasteiger partial charge < -0.3 is 15.4 Å². The molecule has 5 nitrogen and oxygen atoms in total. The predicted molar refractivity (Wildman–Crippen MR) is 82.4 cm³/mol. The molecule has 0 fully saturated rings.